The van der Waals surface area contributed by atoms with Crippen molar-refractivity contribution in [3.63, 3.8) is 0 Å². The fourth-order valence-electron chi connectivity index (χ4n) is 3.61. The SMILES string of the molecule is Oc1ccc(C(Cc2ccc(O)c(-c3ccccc3)c2)c2ccccc2)cc1. The zero-order valence-corrected chi connectivity index (χ0v) is 15.5. The molecule has 0 aromatic heterocycles. The van der Waals surface area contributed by atoms with Crippen molar-refractivity contribution in [2.75, 3.05) is 0 Å². The molecular formula is C26H22O2. The van der Waals surface area contributed by atoms with Gasteiger partial charge < -0.3 is 10.2 Å². The fourth-order valence-corrected chi connectivity index (χ4v) is 3.61. The lowest BCUT2D eigenvalue weighted by atomic mass is 9.85. The zero-order chi connectivity index (χ0) is 19.3. The van der Waals surface area contributed by atoms with Crippen LogP contribution in [0.5, 0.6) is 11.5 Å². The highest BCUT2D eigenvalue weighted by Crippen LogP contribution is 2.34. The molecule has 0 amide bonds. The Morgan fingerprint density at radius 1 is 0.607 bits per heavy atom. The van der Waals surface area contributed by atoms with Crippen molar-refractivity contribution >= 4 is 0 Å². The van der Waals surface area contributed by atoms with Gasteiger partial charge in [-0.3, -0.25) is 0 Å². The van der Waals surface area contributed by atoms with E-state index in [-0.39, 0.29) is 17.4 Å². The molecule has 0 heterocycles. The number of benzene rings is 4. The van der Waals surface area contributed by atoms with Gasteiger partial charge in [-0.25, -0.2) is 0 Å². The van der Waals surface area contributed by atoms with E-state index >= 15 is 0 Å². The van der Waals surface area contributed by atoms with Gasteiger partial charge in [0.2, 0.25) is 0 Å². The van der Waals surface area contributed by atoms with Gasteiger partial charge in [0, 0.05) is 11.5 Å². The van der Waals surface area contributed by atoms with Gasteiger partial charge in [0.25, 0.3) is 0 Å². The molecule has 28 heavy (non-hydrogen) atoms. The van der Waals surface area contributed by atoms with Crippen LogP contribution in [0.25, 0.3) is 11.1 Å². The third-order valence-electron chi connectivity index (χ3n) is 5.08. The lowest BCUT2D eigenvalue weighted by Gasteiger charge is -2.19. The van der Waals surface area contributed by atoms with E-state index in [2.05, 4.69) is 30.3 Å². The fraction of sp³-hybridized carbons (Fsp3) is 0.0769. The summed E-state index contributed by atoms with van der Waals surface area (Å²) in [6, 6.07) is 33.6. The molecule has 0 aliphatic rings. The number of aromatic hydroxyl groups is 2. The van der Waals surface area contributed by atoms with Crippen molar-refractivity contribution in [2.24, 2.45) is 0 Å². The third-order valence-corrected chi connectivity index (χ3v) is 5.08. The maximum Gasteiger partial charge on any atom is 0.123 e. The number of rotatable bonds is 5. The number of phenols is 2. The molecule has 0 fully saturated rings. The van der Waals surface area contributed by atoms with Crippen LogP contribution in [0.4, 0.5) is 0 Å². The molecular weight excluding hydrogens is 344 g/mol. The van der Waals surface area contributed by atoms with Gasteiger partial charge in [-0.05, 0) is 52.9 Å². The molecule has 0 saturated carbocycles. The third kappa shape index (κ3) is 3.91. The molecule has 0 spiro atoms. The first-order valence-corrected chi connectivity index (χ1v) is 9.42. The summed E-state index contributed by atoms with van der Waals surface area (Å²) in [4.78, 5) is 0. The minimum Gasteiger partial charge on any atom is -0.508 e. The molecule has 1 unspecified atom stereocenters. The minimum absolute atomic E-state index is 0.162. The Balaban J connectivity index is 1.72. The van der Waals surface area contributed by atoms with Crippen LogP contribution in [0.15, 0.2) is 103 Å². The van der Waals surface area contributed by atoms with Crippen molar-refractivity contribution in [3.8, 4) is 22.6 Å². The lowest BCUT2D eigenvalue weighted by molar-refractivity contribution is 0.474. The molecule has 4 aromatic rings. The Hall–Kier alpha value is -3.52. The monoisotopic (exact) mass is 366 g/mol. The topological polar surface area (TPSA) is 40.5 Å². The normalized spacial score (nSPS) is 11.9. The predicted octanol–water partition coefficient (Wildman–Crippen LogP) is 6.14. The van der Waals surface area contributed by atoms with Crippen molar-refractivity contribution in [1.29, 1.82) is 0 Å². The quantitative estimate of drug-likeness (QED) is 0.445. The average molecular weight is 366 g/mol. The standard InChI is InChI=1S/C26H22O2/c27-23-14-12-22(13-15-23)24(20-7-3-1-4-8-20)17-19-11-16-26(28)25(18-19)21-9-5-2-6-10-21/h1-16,18,24,27-28H,17H2. The minimum atomic E-state index is 0.162. The molecule has 1 atom stereocenters. The van der Waals surface area contributed by atoms with Crippen molar-refractivity contribution in [3.05, 3.63) is 120 Å². The second kappa shape index (κ2) is 8.01. The van der Waals surface area contributed by atoms with Crippen LogP contribution in [0.2, 0.25) is 0 Å². The summed E-state index contributed by atoms with van der Waals surface area (Å²) in [5.41, 5.74) is 5.37. The van der Waals surface area contributed by atoms with Gasteiger partial charge >= 0.3 is 0 Å². The number of hydrogen-bond donors (Lipinski definition) is 2. The van der Waals surface area contributed by atoms with E-state index in [1.54, 1.807) is 18.2 Å². The van der Waals surface area contributed by atoms with Crippen molar-refractivity contribution in [1.82, 2.24) is 0 Å². The average Bonchev–Trinajstić information content (AvgIpc) is 2.75. The summed E-state index contributed by atoms with van der Waals surface area (Å²) in [5.74, 6) is 0.720. The van der Waals surface area contributed by atoms with E-state index in [0.29, 0.717) is 0 Å². The van der Waals surface area contributed by atoms with Crippen molar-refractivity contribution in [2.45, 2.75) is 12.3 Å². The molecule has 0 aliphatic heterocycles. The molecule has 4 rings (SSSR count). The molecule has 0 aliphatic carbocycles. The molecule has 138 valence electrons. The molecule has 2 heteroatoms. The summed E-state index contributed by atoms with van der Waals surface area (Å²) in [7, 11) is 0. The summed E-state index contributed by atoms with van der Waals surface area (Å²) in [6.07, 6.45) is 0.800. The molecule has 4 aromatic carbocycles. The summed E-state index contributed by atoms with van der Waals surface area (Å²) < 4.78 is 0. The first kappa shape index (κ1) is 17.9. The molecule has 0 bridgehead atoms. The van der Waals surface area contributed by atoms with Gasteiger partial charge in [-0.15, -0.1) is 0 Å². The van der Waals surface area contributed by atoms with E-state index < -0.39 is 0 Å². The first-order valence-electron chi connectivity index (χ1n) is 9.42. The Kier molecular flexibility index (Phi) is 5.11. The zero-order valence-electron chi connectivity index (χ0n) is 15.5. The van der Waals surface area contributed by atoms with Gasteiger partial charge in [-0.2, -0.15) is 0 Å². The van der Waals surface area contributed by atoms with Crippen molar-refractivity contribution < 1.29 is 10.2 Å². The van der Waals surface area contributed by atoms with E-state index in [0.717, 1.165) is 28.7 Å². The predicted molar refractivity (Wildman–Crippen MR) is 114 cm³/mol. The Morgan fingerprint density at radius 3 is 1.89 bits per heavy atom. The molecule has 0 radical (unpaired) electrons. The Labute approximate surface area is 165 Å². The molecule has 2 nitrogen and oxygen atoms in total. The Morgan fingerprint density at radius 2 is 1.21 bits per heavy atom. The maximum absolute atomic E-state index is 10.4. The first-order chi connectivity index (χ1) is 13.7. The van der Waals surface area contributed by atoms with Crippen LogP contribution in [-0.2, 0) is 6.42 Å². The highest BCUT2D eigenvalue weighted by atomic mass is 16.3. The van der Waals surface area contributed by atoms with E-state index in [4.69, 9.17) is 0 Å². The summed E-state index contributed by atoms with van der Waals surface area (Å²) in [5, 5.41) is 20.0. The van der Waals surface area contributed by atoms with Gasteiger partial charge in [0.15, 0.2) is 0 Å². The largest absolute Gasteiger partial charge is 0.508 e. The van der Waals surface area contributed by atoms with E-state index in [1.807, 2.05) is 54.6 Å². The van der Waals surface area contributed by atoms with Crippen LogP contribution in [-0.4, -0.2) is 10.2 Å². The summed E-state index contributed by atoms with van der Waals surface area (Å²) >= 11 is 0. The Bertz CT molecular complexity index is 1040. The second-order valence-corrected chi connectivity index (χ2v) is 6.98. The van der Waals surface area contributed by atoms with Crippen LogP contribution >= 0.6 is 0 Å². The van der Waals surface area contributed by atoms with Gasteiger partial charge in [-0.1, -0.05) is 78.9 Å². The van der Waals surface area contributed by atoms with Crippen LogP contribution in [0, 0.1) is 0 Å². The lowest BCUT2D eigenvalue weighted by Crippen LogP contribution is -2.05. The molecule has 2 N–H and O–H groups in total. The van der Waals surface area contributed by atoms with Crippen LogP contribution in [0.3, 0.4) is 0 Å². The van der Waals surface area contributed by atoms with Crippen LogP contribution in [0.1, 0.15) is 22.6 Å². The van der Waals surface area contributed by atoms with E-state index in [9.17, 15) is 10.2 Å². The molecule has 0 saturated heterocycles. The van der Waals surface area contributed by atoms with Gasteiger partial charge in [0.05, 0.1) is 0 Å². The maximum atomic E-state index is 10.4. The highest BCUT2D eigenvalue weighted by Gasteiger charge is 2.16. The highest BCUT2D eigenvalue weighted by molar-refractivity contribution is 5.70. The number of phenolic OH excluding ortho intramolecular Hbond substituents is 2. The summed E-state index contributed by atoms with van der Waals surface area (Å²) in [6.45, 7) is 0. The second-order valence-electron chi connectivity index (χ2n) is 6.98. The number of hydrogen-bond acceptors (Lipinski definition) is 2. The van der Waals surface area contributed by atoms with E-state index in [1.165, 1.54) is 5.56 Å². The van der Waals surface area contributed by atoms with Crippen LogP contribution < -0.4 is 0 Å². The smallest absolute Gasteiger partial charge is 0.123 e. The van der Waals surface area contributed by atoms with Gasteiger partial charge in [0.1, 0.15) is 11.5 Å².